The summed E-state index contributed by atoms with van der Waals surface area (Å²) in [5, 5.41) is 11.2. The summed E-state index contributed by atoms with van der Waals surface area (Å²) in [6, 6.07) is 5.42. The molecule has 5 nitrogen and oxygen atoms in total. The monoisotopic (exact) mass is 290 g/mol. The molecule has 0 heterocycles. The highest BCUT2D eigenvalue weighted by molar-refractivity contribution is 5.98. The molecule has 0 bridgehead atoms. The Morgan fingerprint density at radius 3 is 2.52 bits per heavy atom. The molecule has 2 rings (SSSR count). The van der Waals surface area contributed by atoms with Crippen LogP contribution in [0.3, 0.4) is 0 Å². The van der Waals surface area contributed by atoms with E-state index in [-0.39, 0.29) is 17.0 Å². The van der Waals surface area contributed by atoms with Gasteiger partial charge < -0.3 is 4.90 Å². The van der Waals surface area contributed by atoms with E-state index in [0.29, 0.717) is 6.04 Å². The fourth-order valence-electron chi connectivity index (χ4n) is 3.19. The van der Waals surface area contributed by atoms with Crippen molar-refractivity contribution < 1.29 is 9.72 Å². The predicted octanol–water partition coefficient (Wildman–Crippen LogP) is 3.96. The zero-order valence-electron chi connectivity index (χ0n) is 12.7. The van der Waals surface area contributed by atoms with Gasteiger partial charge in [-0.3, -0.25) is 14.9 Å². The molecule has 1 aliphatic rings. The Morgan fingerprint density at radius 1 is 1.33 bits per heavy atom. The van der Waals surface area contributed by atoms with Crippen LogP contribution in [0.2, 0.25) is 0 Å². The maximum Gasteiger partial charge on any atom is 0.282 e. The summed E-state index contributed by atoms with van der Waals surface area (Å²) >= 11 is 0. The predicted molar refractivity (Wildman–Crippen MR) is 83.0 cm³/mol. The molecule has 0 radical (unpaired) electrons. The zero-order valence-corrected chi connectivity index (χ0v) is 12.7. The van der Waals surface area contributed by atoms with Crippen LogP contribution in [-0.2, 0) is 0 Å². The molecule has 0 amide bonds. The number of hydrogen-bond acceptors (Lipinski definition) is 4. The highest BCUT2D eigenvalue weighted by Crippen LogP contribution is 2.31. The molecule has 21 heavy (non-hydrogen) atoms. The van der Waals surface area contributed by atoms with E-state index in [9.17, 15) is 14.9 Å². The Balaban J connectivity index is 2.35. The van der Waals surface area contributed by atoms with Gasteiger partial charge in [0.1, 0.15) is 0 Å². The van der Waals surface area contributed by atoms with E-state index in [0.717, 1.165) is 25.1 Å². The molecule has 1 aromatic carbocycles. The van der Waals surface area contributed by atoms with E-state index in [1.165, 1.54) is 26.2 Å². The number of carbonyl (C=O) groups is 1. The second kappa shape index (κ2) is 6.70. The molecular weight excluding hydrogens is 268 g/mol. The lowest BCUT2D eigenvalue weighted by atomic mass is 9.93. The topological polar surface area (TPSA) is 63.5 Å². The van der Waals surface area contributed by atoms with Crippen molar-refractivity contribution in [3.8, 4) is 0 Å². The highest BCUT2D eigenvalue weighted by atomic mass is 16.6. The number of ketones is 1. The van der Waals surface area contributed by atoms with Gasteiger partial charge >= 0.3 is 0 Å². The van der Waals surface area contributed by atoms with Crippen LogP contribution in [0.15, 0.2) is 18.2 Å². The Bertz CT molecular complexity index is 536. The van der Waals surface area contributed by atoms with Crippen LogP contribution in [0.5, 0.6) is 0 Å². The molecule has 0 atom stereocenters. The van der Waals surface area contributed by atoms with Crippen molar-refractivity contribution in [1.29, 1.82) is 0 Å². The summed E-state index contributed by atoms with van der Waals surface area (Å²) in [5.41, 5.74) is 0.943. The Hall–Kier alpha value is -1.91. The minimum atomic E-state index is -0.463. The van der Waals surface area contributed by atoms with Crippen LogP contribution in [0, 0.1) is 10.1 Å². The largest absolute Gasteiger partial charge is 0.369 e. The molecule has 5 heteroatoms. The van der Waals surface area contributed by atoms with Crippen LogP contribution in [0.25, 0.3) is 0 Å². The van der Waals surface area contributed by atoms with Gasteiger partial charge in [0.25, 0.3) is 5.69 Å². The van der Waals surface area contributed by atoms with Gasteiger partial charge in [-0.1, -0.05) is 19.3 Å². The molecule has 1 aromatic rings. The molecule has 0 N–H and O–H groups in total. The lowest BCUT2D eigenvalue weighted by Gasteiger charge is -2.35. The van der Waals surface area contributed by atoms with Crippen molar-refractivity contribution in [3.05, 3.63) is 33.9 Å². The Labute approximate surface area is 125 Å². The van der Waals surface area contributed by atoms with Gasteiger partial charge in [-0.2, -0.15) is 0 Å². The molecule has 1 aliphatic carbocycles. The molecule has 0 unspecified atom stereocenters. The third-order valence-corrected chi connectivity index (χ3v) is 4.25. The van der Waals surface area contributed by atoms with Gasteiger partial charge in [-0.05, 0) is 38.8 Å². The summed E-state index contributed by atoms with van der Waals surface area (Å²) in [6.45, 7) is 4.25. The Morgan fingerprint density at radius 2 is 2.00 bits per heavy atom. The smallest absolute Gasteiger partial charge is 0.282 e. The third kappa shape index (κ3) is 3.40. The molecule has 114 valence electrons. The third-order valence-electron chi connectivity index (χ3n) is 4.25. The number of rotatable bonds is 5. The number of nitro benzene ring substituents is 1. The molecule has 1 fully saturated rings. The zero-order chi connectivity index (χ0) is 15.4. The number of benzene rings is 1. The summed E-state index contributed by atoms with van der Waals surface area (Å²) in [6.07, 6.45) is 5.98. The van der Waals surface area contributed by atoms with Gasteiger partial charge in [0, 0.05) is 24.3 Å². The number of Topliss-reactive ketones (excluding diaryl/α,β-unsaturated/α-hetero) is 1. The first-order chi connectivity index (χ1) is 10.0. The molecule has 0 aliphatic heterocycles. The van der Waals surface area contributed by atoms with Crippen molar-refractivity contribution in [2.24, 2.45) is 0 Å². The molecule has 0 aromatic heterocycles. The van der Waals surface area contributed by atoms with Gasteiger partial charge in [-0.15, -0.1) is 0 Å². The van der Waals surface area contributed by atoms with Crippen molar-refractivity contribution in [2.45, 2.75) is 52.0 Å². The second-order valence-electron chi connectivity index (χ2n) is 5.59. The van der Waals surface area contributed by atoms with Crippen LogP contribution in [0.1, 0.15) is 56.3 Å². The quantitative estimate of drug-likeness (QED) is 0.468. The highest BCUT2D eigenvalue weighted by Gasteiger charge is 2.24. The second-order valence-corrected chi connectivity index (χ2v) is 5.59. The number of carbonyl (C=O) groups excluding carboxylic acids is 1. The van der Waals surface area contributed by atoms with E-state index >= 15 is 0 Å². The van der Waals surface area contributed by atoms with Gasteiger partial charge in [-0.25, -0.2) is 0 Å². The van der Waals surface area contributed by atoms with Crippen molar-refractivity contribution >= 4 is 17.2 Å². The van der Waals surface area contributed by atoms with Gasteiger partial charge in [0.05, 0.1) is 10.5 Å². The lowest BCUT2D eigenvalue weighted by Crippen LogP contribution is -2.36. The van der Waals surface area contributed by atoms with E-state index < -0.39 is 4.92 Å². The minimum absolute atomic E-state index is 0.0886. The normalized spacial score (nSPS) is 15.7. The van der Waals surface area contributed by atoms with Crippen molar-refractivity contribution in [2.75, 3.05) is 11.4 Å². The first-order valence-electron chi connectivity index (χ1n) is 7.60. The maximum absolute atomic E-state index is 11.5. The summed E-state index contributed by atoms with van der Waals surface area (Å²) in [7, 11) is 0. The van der Waals surface area contributed by atoms with Crippen LogP contribution >= 0.6 is 0 Å². The van der Waals surface area contributed by atoms with Crippen LogP contribution < -0.4 is 4.90 Å². The van der Waals surface area contributed by atoms with Crippen LogP contribution in [-0.4, -0.2) is 23.3 Å². The van der Waals surface area contributed by atoms with E-state index in [2.05, 4.69) is 11.8 Å². The number of nitrogens with zero attached hydrogens (tertiary/aromatic N) is 2. The Kier molecular flexibility index (Phi) is 4.94. The molecular formula is C16H22N2O3. The molecule has 0 spiro atoms. The summed E-state index contributed by atoms with van der Waals surface area (Å²) in [4.78, 5) is 24.5. The SMILES string of the molecule is CCN(c1ccc(C(C)=O)c([N+](=O)[O-])c1)C1CCCCC1. The summed E-state index contributed by atoms with van der Waals surface area (Å²) < 4.78 is 0. The summed E-state index contributed by atoms with van der Waals surface area (Å²) in [5.74, 6) is -0.269. The number of hydrogen-bond donors (Lipinski definition) is 0. The van der Waals surface area contributed by atoms with E-state index in [1.54, 1.807) is 12.1 Å². The first-order valence-corrected chi connectivity index (χ1v) is 7.60. The fraction of sp³-hybridized carbons (Fsp3) is 0.562. The standard InChI is InChI=1S/C16H22N2O3/c1-3-17(13-7-5-4-6-8-13)14-9-10-15(12(2)19)16(11-14)18(20)21/h9-11,13H,3-8H2,1-2H3. The van der Waals surface area contributed by atoms with Gasteiger partial charge in [0.15, 0.2) is 5.78 Å². The number of nitro groups is 1. The maximum atomic E-state index is 11.5. The fourth-order valence-corrected chi connectivity index (χ4v) is 3.19. The molecule has 0 saturated heterocycles. The lowest BCUT2D eigenvalue weighted by molar-refractivity contribution is -0.385. The van der Waals surface area contributed by atoms with Crippen LogP contribution in [0.4, 0.5) is 11.4 Å². The van der Waals surface area contributed by atoms with Gasteiger partial charge in [0.2, 0.25) is 0 Å². The average Bonchev–Trinajstić information content (AvgIpc) is 2.48. The van der Waals surface area contributed by atoms with E-state index in [1.807, 2.05) is 6.07 Å². The number of anilines is 1. The van der Waals surface area contributed by atoms with Crippen molar-refractivity contribution in [3.63, 3.8) is 0 Å². The average molecular weight is 290 g/mol. The first kappa shape index (κ1) is 15.5. The molecule has 1 saturated carbocycles. The van der Waals surface area contributed by atoms with E-state index in [4.69, 9.17) is 0 Å². The minimum Gasteiger partial charge on any atom is -0.369 e. The van der Waals surface area contributed by atoms with Crippen molar-refractivity contribution in [1.82, 2.24) is 0 Å².